The fraction of sp³-hybridized carbons (Fsp3) is 0.579. The van der Waals surface area contributed by atoms with Crippen LogP contribution in [0.25, 0.3) is 11.3 Å². The quantitative estimate of drug-likeness (QED) is 0.852. The van der Waals surface area contributed by atoms with Gasteiger partial charge >= 0.3 is 6.18 Å². The second kappa shape index (κ2) is 4.92. The molecule has 3 saturated carbocycles. The predicted octanol–water partition coefficient (Wildman–Crippen LogP) is 3.17. The van der Waals surface area contributed by atoms with Gasteiger partial charge in [0.05, 0.1) is 29.1 Å². The van der Waals surface area contributed by atoms with Gasteiger partial charge in [-0.3, -0.25) is 4.68 Å². The van der Waals surface area contributed by atoms with Crippen molar-refractivity contribution in [3.8, 4) is 17.3 Å². The molecule has 4 aliphatic rings. The minimum Gasteiger partial charge on any atom is -0.375 e. The highest BCUT2D eigenvalue weighted by Gasteiger charge is 2.70. The van der Waals surface area contributed by atoms with Crippen LogP contribution in [-0.4, -0.2) is 31.3 Å². The van der Waals surface area contributed by atoms with Gasteiger partial charge in [-0.15, -0.1) is 0 Å². The highest BCUT2D eigenvalue weighted by molar-refractivity contribution is 5.68. The van der Waals surface area contributed by atoms with E-state index in [0.29, 0.717) is 30.3 Å². The highest BCUT2D eigenvalue weighted by atomic mass is 19.4. The minimum absolute atomic E-state index is 0.0791. The predicted molar refractivity (Wildman–Crippen MR) is 90.9 cm³/mol. The molecule has 6 rings (SSSR count). The molecule has 2 aromatic rings. The van der Waals surface area contributed by atoms with Crippen LogP contribution in [0, 0.1) is 16.7 Å². The molecule has 0 amide bonds. The van der Waals surface area contributed by atoms with Crippen LogP contribution in [0.15, 0.2) is 12.3 Å². The highest BCUT2D eigenvalue weighted by Crippen LogP contribution is 2.73. The van der Waals surface area contributed by atoms with Crippen molar-refractivity contribution >= 4 is 0 Å². The Morgan fingerprint density at radius 1 is 1.32 bits per heavy atom. The summed E-state index contributed by atoms with van der Waals surface area (Å²) >= 11 is 0. The summed E-state index contributed by atoms with van der Waals surface area (Å²) in [6.45, 7) is 2.91. The minimum atomic E-state index is -4.86. The van der Waals surface area contributed by atoms with E-state index in [4.69, 9.17) is 5.10 Å². The van der Waals surface area contributed by atoms with Crippen LogP contribution in [0.2, 0.25) is 0 Å². The first-order valence-electron chi connectivity index (χ1n) is 9.17. The van der Waals surface area contributed by atoms with Crippen LogP contribution >= 0.6 is 0 Å². The van der Waals surface area contributed by atoms with Gasteiger partial charge in [0.1, 0.15) is 5.69 Å². The molecule has 0 aromatic carbocycles. The summed E-state index contributed by atoms with van der Waals surface area (Å²) in [6.07, 6.45) is -1.05. The molecule has 0 unspecified atom stereocenters. The monoisotopic (exact) mass is 389 g/mol. The molecule has 3 fully saturated rings. The zero-order valence-corrected chi connectivity index (χ0v) is 15.4. The molecule has 9 heteroatoms. The first-order chi connectivity index (χ1) is 13.0. The van der Waals surface area contributed by atoms with Crippen molar-refractivity contribution in [2.24, 2.45) is 5.41 Å². The summed E-state index contributed by atoms with van der Waals surface area (Å²) in [5.41, 5.74) is -1.36. The standard InChI is InChI=1S/C19H18F3N5O/c1-10-5-27-12(3-13(26-27)18-6-17(7-18,8-18)9-23)11-4-24-25-15(14(10)11)16(2,28)19(20,21)22/h3-4,10,28H,5-8H2,1-2H3/t10-,16+,17?,18?/m0/s1. The molecule has 0 spiro atoms. The molecule has 2 bridgehead atoms. The number of fused-ring (bicyclic) bond motifs is 3. The van der Waals surface area contributed by atoms with Gasteiger partial charge in [-0.25, -0.2) is 0 Å². The zero-order chi connectivity index (χ0) is 20.1. The van der Waals surface area contributed by atoms with Gasteiger partial charge < -0.3 is 5.11 Å². The summed E-state index contributed by atoms with van der Waals surface area (Å²) in [6, 6.07) is 4.28. The van der Waals surface area contributed by atoms with E-state index in [9.17, 15) is 23.5 Å². The molecule has 2 aromatic heterocycles. The third-order valence-corrected chi connectivity index (χ3v) is 6.71. The Balaban J connectivity index is 1.61. The first-order valence-corrected chi connectivity index (χ1v) is 9.17. The third kappa shape index (κ3) is 1.99. The van der Waals surface area contributed by atoms with Gasteiger partial charge in [0.2, 0.25) is 5.60 Å². The molecule has 1 aliphatic heterocycles. The number of rotatable bonds is 2. The Morgan fingerprint density at radius 2 is 2.00 bits per heavy atom. The van der Waals surface area contributed by atoms with Crippen molar-refractivity contribution in [3.05, 3.63) is 29.2 Å². The lowest BCUT2D eigenvalue weighted by Gasteiger charge is -2.66. The van der Waals surface area contributed by atoms with E-state index < -0.39 is 17.5 Å². The molecule has 6 nitrogen and oxygen atoms in total. The topological polar surface area (TPSA) is 87.6 Å². The average molecular weight is 389 g/mol. The van der Waals surface area contributed by atoms with Gasteiger partial charge in [0.15, 0.2) is 0 Å². The fourth-order valence-corrected chi connectivity index (χ4v) is 5.15. The van der Waals surface area contributed by atoms with Gasteiger partial charge in [0, 0.05) is 23.4 Å². The molecular weight excluding hydrogens is 371 g/mol. The van der Waals surface area contributed by atoms with Crippen molar-refractivity contribution in [2.45, 2.75) is 62.8 Å². The zero-order valence-electron chi connectivity index (χ0n) is 15.4. The molecule has 2 atom stereocenters. The Hall–Kier alpha value is -2.47. The van der Waals surface area contributed by atoms with Crippen LogP contribution < -0.4 is 0 Å². The van der Waals surface area contributed by atoms with E-state index >= 15 is 0 Å². The van der Waals surface area contributed by atoms with Crippen molar-refractivity contribution < 1.29 is 18.3 Å². The molecule has 28 heavy (non-hydrogen) atoms. The van der Waals surface area contributed by atoms with E-state index in [1.807, 2.05) is 6.07 Å². The maximum Gasteiger partial charge on any atom is 0.422 e. The molecule has 1 N–H and O–H groups in total. The van der Waals surface area contributed by atoms with Crippen LogP contribution in [0.1, 0.15) is 56.0 Å². The first kappa shape index (κ1) is 17.6. The summed E-state index contributed by atoms with van der Waals surface area (Å²) in [5, 5.41) is 31.6. The SMILES string of the molecule is C[C@H]1Cn2nc(C34CC(C#N)(C3)C4)cc2-c2cnnc([C@@](C)(O)C(F)(F)F)c21. The van der Waals surface area contributed by atoms with Crippen molar-refractivity contribution in [1.29, 1.82) is 5.26 Å². The van der Waals surface area contributed by atoms with Gasteiger partial charge in [-0.2, -0.15) is 33.7 Å². The lowest BCUT2D eigenvalue weighted by molar-refractivity contribution is -0.260. The van der Waals surface area contributed by atoms with Crippen LogP contribution in [0.5, 0.6) is 0 Å². The second-order valence-corrected chi connectivity index (χ2v) is 8.79. The van der Waals surface area contributed by atoms with Crippen LogP contribution in [0.3, 0.4) is 0 Å². The number of halogens is 3. The third-order valence-electron chi connectivity index (χ3n) is 6.71. The van der Waals surface area contributed by atoms with Gasteiger partial charge in [0.25, 0.3) is 0 Å². The molecule has 0 saturated heterocycles. The number of nitriles is 1. The summed E-state index contributed by atoms with van der Waals surface area (Å²) in [5.74, 6) is -0.312. The Bertz CT molecular complexity index is 1030. The average Bonchev–Trinajstić information content (AvgIpc) is 2.95. The number of hydrogen-bond donors (Lipinski definition) is 1. The summed E-state index contributed by atoms with van der Waals surface area (Å²) in [7, 11) is 0. The number of aromatic nitrogens is 4. The Kier molecular flexibility index (Phi) is 3.10. The molecule has 146 valence electrons. The van der Waals surface area contributed by atoms with Crippen molar-refractivity contribution in [1.82, 2.24) is 20.0 Å². The number of nitrogens with zero attached hydrogens (tertiary/aromatic N) is 5. The summed E-state index contributed by atoms with van der Waals surface area (Å²) in [4.78, 5) is 0. The molecule has 0 radical (unpaired) electrons. The largest absolute Gasteiger partial charge is 0.422 e. The van der Waals surface area contributed by atoms with E-state index in [1.54, 1.807) is 11.6 Å². The van der Waals surface area contributed by atoms with Gasteiger partial charge in [-0.05, 0) is 37.8 Å². The Labute approximate surface area is 159 Å². The Morgan fingerprint density at radius 3 is 2.61 bits per heavy atom. The maximum absolute atomic E-state index is 13.4. The normalized spacial score (nSPS) is 32.2. The van der Waals surface area contributed by atoms with E-state index in [-0.39, 0.29) is 16.7 Å². The van der Waals surface area contributed by atoms with E-state index in [2.05, 4.69) is 16.3 Å². The molecule has 3 heterocycles. The van der Waals surface area contributed by atoms with Crippen LogP contribution in [-0.2, 0) is 17.6 Å². The smallest absolute Gasteiger partial charge is 0.375 e. The van der Waals surface area contributed by atoms with Gasteiger partial charge in [-0.1, -0.05) is 6.92 Å². The molecular formula is C19H18F3N5O. The number of hydrogen-bond acceptors (Lipinski definition) is 5. The van der Waals surface area contributed by atoms with Crippen LogP contribution in [0.4, 0.5) is 13.2 Å². The lowest BCUT2D eigenvalue weighted by atomic mass is 9.35. The number of alkyl halides is 3. The molecule has 3 aliphatic carbocycles. The van der Waals surface area contributed by atoms with Crippen molar-refractivity contribution in [2.75, 3.05) is 0 Å². The maximum atomic E-state index is 13.4. The fourth-order valence-electron chi connectivity index (χ4n) is 5.15. The van der Waals surface area contributed by atoms with E-state index in [0.717, 1.165) is 25.0 Å². The van der Waals surface area contributed by atoms with E-state index in [1.165, 1.54) is 6.20 Å². The number of aliphatic hydroxyl groups is 1. The lowest BCUT2D eigenvalue weighted by Crippen LogP contribution is -2.63. The second-order valence-electron chi connectivity index (χ2n) is 8.79. The van der Waals surface area contributed by atoms with Crippen molar-refractivity contribution in [3.63, 3.8) is 0 Å². The summed E-state index contributed by atoms with van der Waals surface area (Å²) < 4.78 is 42.1.